The number of hydrogen-bond acceptors (Lipinski definition) is 6. The Labute approximate surface area is 191 Å². The lowest BCUT2D eigenvalue weighted by Crippen LogP contribution is -2.36. The third-order valence-corrected chi connectivity index (χ3v) is 6.00. The first-order chi connectivity index (χ1) is 15.9. The highest BCUT2D eigenvalue weighted by Gasteiger charge is 2.20. The van der Waals surface area contributed by atoms with E-state index in [1.54, 1.807) is 24.4 Å². The number of nitrogens with zero attached hydrogens (tertiary/aromatic N) is 2. The number of ether oxygens (including phenoxy) is 1. The quantitative estimate of drug-likeness (QED) is 0.296. The molecule has 174 valence electrons. The van der Waals surface area contributed by atoms with Crippen LogP contribution in [0.3, 0.4) is 0 Å². The number of carbonyl (C=O) groups is 1. The molecule has 0 spiro atoms. The standard InChI is InChI=1S/C23H23F2N3O4S/c24-20-11-15(2-1-5-27-33(30)31)10-19(22(20)25)23(29)16-3-4-21-17(12-16)13-18(14-26-21)28-6-8-32-9-7-28/h3-4,10-14,33H,1-2,5-9H2,(H,27,30,31). The van der Waals surface area contributed by atoms with E-state index in [0.717, 1.165) is 30.2 Å². The fourth-order valence-electron chi connectivity index (χ4n) is 3.83. The van der Waals surface area contributed by atoms with Crippen LogP contribution >= 0.6 is 0 Å². The molecule has 1 fully saturated rings. The Hall–Kier alpha value is -2.95. The number of rotatable bonds is 8. The van der Waals surface area contributed by atoms with Crippen molar-refractivity contribution >= 4 is 33.3 Å². The van der Waals surface area contributed by atoms with Gasteiger partial charge in [-0.2, -0.15) is 0 Å². The maximum atomic E-state index is 14.5. The normalized spacial score (nSPS) is 14.2. The van der Waals surface area contributed by atoms with Gasteiger partial charge >= 0.3 is 0 Å². The number of anilines is 1. The Kier molecular flexibility index (Phi) is 7.26. The molecule has 1 aliphatic heterocycles. The lowest BCUT2D eigenvalue weighted by Gasteiger charge is -2.28. The average molecular weight is 476 g/mol. The van der Waals surface area contributed by atoms with Crippen molar-refractivity contribution in [2.24, 2.45) is 0 Å². The van der Waals surface area contributed by atoms with Gasteiger partial charge in [0.25, 0.3) is 0 Å². The van der Waals surface area contributed by atoms with Gasteiger partial charge in [0.15, 0.2) is 17.4 Å². The lowest BCUT2D eigenvalue weighted by atomic mass is 9.97. The fourth-order valence-corrected chi connectivity index (χ4v) is 4.17. The molecular weight excluding hydrogens is 452 g/mol. The zero-order valence-corrected chi connectivity index (χ0v) is 18.6. The van der Waals surface area contributed by atoms with Crippen molar-refractivity contribution in [3.8, 4) is 0 Å². The van der Waals surface area contributed by atoms with Crippen LogP contribution in [0.4, 0.5) is 14.5 Å². The van der Waals surface area contributed by atoms with Crippen molar-refractivity contribution in [2.75, 3.05) is 37.7 Å². The van der Waals surface area contributed by atoms with Crippen LogP contribution in [0.5, 0.6) is 0 Å². The van der Waals surface area contributed by atoms with Crippen LogP contribution in [0, 0.1) is 11.6 Å². The average Bonchev–Trinajstić information content (AvgIpc) is 2.83. The van der Waals surface area contributed by atoms with Crippen LogP contribution in [0.2, 0.25) is 0 Å². The molecule has 1 N–H and O–H groups in total. The Balaban J connectivity index is 1.60. The summed E-state index contributed by atoms with van der Waals surface area (Å²) in [5, 5.41) is 0.722. The highest BCUT2D eigenvalue weighted by atomic mass is 32.2. The zero-order chi connectivity index (χ0) is 23.4. The van der Waals surface area contributed by atoms with E-state index in [-0.39, 0.29) is 24.1 Å². The van der Waals surface area contributed by atoms with Gasteiger partial charge in [-0.25, -0.2) is 21.9 Å². The van der Waals surface area contributed by atoms with Gasteiger partial charge in [0.2, 0.25) is 10.9 Å². The van der Waals surface area contributed by atoms with Crippen LogP contribution in [0.25, 0.3) is 10.9 Å². The third-order valence-electron chi connectivity index (χ3n) is 5.52. The number of morpholine rings is 1. The first-order valence-corrected chi connectivity index (χ1v) is 11.7. The van der Waals surface area contributed by atoms with Gasteiger partial charge in [-0.3, -0.25) is 9.78 Å². The molecular formula is C23H23F2N3O4S. The van der Waals surface area contributed by atoms with Crippen LogP contribution in [0.15, 0.2) is 42.6 Å². The molecule has 0 radical (unpaired) electrons. The molecule has 1 aromatic heterocycles. The minimum atomic E-state index is -2.71. The summed E-state index contributed by atoms with van der Waals surface area (Å²) < 4.78 is 57.5. The molecule has 1 aliphatic rings. The molecule has 0 aliphatic carbocycles. The van der Waals surface area contributed by atoms with Gasteiger partial charge in [0, 0.05) is 30.6 Å². The summed E-state index contributed by atoms with van der Waals surface area (Å²) in [6, 6.07) is 9.14. The largest absolute Gasteiger partial charge is 0.378 e. The SMILES string of the molecule is O=C(c1ccc2ncc(N3CCOCC3)cc2c1)c1cc(CCCN[SH](=O)=O)cc(F)c1F. The summed E-state index contributed by atoms with van der Waals surface area (Å²) in [4.78, 5) is 19.7. The number of halogens is 2. The molecule has 3 aromatic rings. The van der Waals surface area contributed by atoms with Crippen molar-refractivity contribution in [1.82, 2.24) is 9.71 Å². The Morgan fingerprint density at radius 1 is 1.12 bits per heavy atom. The molecule has 0 atom stereocenters. The topological polar surface area (TPSA) is 88.6 Å². The second-order valence-electron chi connectivity index (χ2n) is 7.74. The van der Waals surface area contributed by atoms with Crippen molar-refractivity contribution in [3.63, 3.8) is 0 Å². The number of nitrogens with one attached hydrogen (secondary N) is 1. The summed E-state index contributed by atoms with van der Waals surface area (Å²) in [6.07, 6.45) is 2.44. The van der Waals surface area contributed by atoms with Crippen molar-refractivity contribution in [1.29, 1.82) is 0 Å². The van der Waals surface area contributed by atoms with Gasteiger partial charge in [0.05, 0.1) is 36.2 Å². The Morgan fingerprint density at radius 2 is 1.91 bits per heavy atom. The summed E-state index contributed by atoms with van der Waals surface area (Å²) in [5.74, 6) is -2.95. The number of fused-ring (bicyclic) bond motifs is 1. The smallest absolute Gasteiger partial charge is 0.201 e. The highest BCUT2D eigenvalue weighted by Crippen LogP contribution is 2.25. The number of benzene rings is 2. The first-order valence-electron chi connectivity index (χ1n) is 10.6. The maximum Gasteiger partial charge on any atom is 0.201 e. The molecule has 33 heavy (non-hydrogen) atoms. The summed E-state index contributed by atoms with van der Waals surface area (Å²) in [6.45, 7) is 2.91. The maximum absolute atomic E-state index is 14.5. The zero-order valence-electron chi connectivity index (χ0n) is 17.7. The Bertz CT molecular complexity index is 1250. The number of thiol groups is 1. The van der Waals surface area contributed by atoms with Crippen molar-refractivity contribution < 1.29 is 26.7 Å². The Morgan fingerprint density at radius 3 is 2.67 bits per heavy atom. The number of ketones is 1. The van der Waals surface area contributed by atoms with E-state index in [0.29, 0.717) is 30.7 Å². The molecule has 2 aromatic carbocycles. The lowest BCUT2D eigenvalue weighted by molar-refractivity contribution is 0.103. The fraction of sp³-hybridized carbons (Fsp3) is 0.304. The van der Waals surface area contributed by atoms with Gasteiger partial charge in [-0.05, 0) is 54.8 Å². The third kappa shape index (κ3) is 5.52. The summed E-state index contributed by atoms with van der Waals surface area (Å²) in [7, 11) is -2.71. The molecule has 1 saturated heterocycles. The number of aromatic nitrogens is 1. The molecule has 7 nitrogen and oxygen atoms in total. The van der Waals surface area contributed by atoms with E-state index >= 15 is 0 Å². The number of pyridine rings is 1. The van der Waals surface area contributed by atoms with E-state index in [1.165, 1.54) is 6.07 Å². The molecule has 0 bridgehead atoms. The number of aryl methyl sites for hydroxylation is 1. The van der Waals surface area contributed by atoms with E-state index in [2.05, 4.69) is 14.6 Å². The monoisotopic (exact) mass is 475 g/mol. The van der Waals surface area contributed by atoms with Crippen LogP contribution in [-0.2, 0) is 22.0 Å². The van der Waals surface area contributed by atoms with Gasteiger partial charge in [0.1, 0.15) is 0 Å². The molecule has 2 heterocycles. The molecule has 4 rings (SSSR count). The highest BCUT2D eigenvalue weighted by molar-refractivity contribution is 7.70. The molecule has 0 saturated carbocycles. The number of hydrogen-bond donors (Lipinski definition) is 2. The van der Waals surface area contributed by atoms with Gasteiger partial charge in [-0.15, -0.1) is 0 Å². The second-order valence-corrected chi connectivity index (χ2v) is 8.57. The van der Waals surface area contributed by atoms with E-state index < -0.39 is 28.3 Å². The minimum Gasteiger partial charge on any atom is -0.378 e. The summed E-state index contributed by atoms with van der Waals surface area (Å²) in [5.41, 5.74) is 1.88. The minimum absolute atomic E-state index is 0.171. The van der Waals surface area contributed by atoms with Crippen molar-refractivity contribution in [3.05, 3.63) is 70.9 Å². The molecule has 10 heteroatoms. The van der Waals surface area contributed by atoms with Gasteiger partial charge in [-0.1, -0.05) is 0 Å². The van der Waals surface area contributed by atoms with Crippen LogP contribution in [-0.4, -0.2) is 52.0 Å². The van der Waals surface area contributed by atoms with Gasteiger partial charge < -0.3 is 9.64 Å². The number of carbonyl (C=O) groups excluding carboxylic acids is 1. The van der Waals surface area contributed by atoms with Crippen molar-refractivity contribution in [2.45, 2.75) is 12.8 Å². The second kappa shape index (κ2) is 10.3. The first kappa shape index (κ1) is 23.2. The van der Waals surface area contributed by atoms with E-state index in [1.807, 2.05) is 6.07 Å². The predicted octanol–water partition coefficient (Wildman–Crippen LogP) is 2.63. The van der Waals surface area contributed by atoms with Crippen LogP contribution in [0.1, 0.15) is 27.9 Å². The summed E-state index contributed by atoms with van der Waals surface area (Å²) >= 11 is 0. The predicted molar refractivity (Wildman–Crippen MR) is 121 cm³/mol. The van der Waals surface area contributed by atoms with Crippen LogP contribution < -0.4 is 9.62 Å². The molecule has 0 unspecified atom stereocenters. The van der Waals surface area contributed by atoms with E-state index in [4.69, 9.17) is 4.74 Å². The molecule has 0 amide bonds. The van der Waals surface area contributed by atoms with E-state index in [9.17, 15) is 22.0 Å².